The number of carbonyl (C=O) groups excluding carboxylic acids is 9. The maximum absolute atomic E-state index is 14.9. The van der Waals surface area contributed by atoms with Crippen LogP contribution in [0.15, 0.2) is 115 Å². The number of nitrogens with zero attached hydrogens (tertiary/aromatic N) is 4. The van der Waals surface area contributed by atoms with Crippen molar-refractivity contribution in [3.05, 3.63) is 138 Å². The van der Waals surface area contributed by atoms with Crippen LogP contribution >= 0.6 is 0 Å². The molecule has 6 rings (SSSR count). The highest BCUT2D eigenvalue weighted by Gasteiger charge is 2.43. The summed E-state index contributed by atoms with van der Waals surface area (Å²) in [5.41, 5.74) is -0.170. The van der Waals surface area contributed by atoms with Gasteiger partial charge in [-0.25, -0.2) is 9.59 Å². The van der Waals surface area contributed by atoms with E-state index < -0.39 is 114 Å². The molecule has 6 atom stereocenters. The Morgan fingerprint density at radius 3 is 1.95 bits per heavy atom. The molecule has 0 radical (unpaired) electrons. The third-order valence-corrected chi connectivity index (χ3v) is 15.2. The minimum absolute atomic E-state index is 0.0738. The molecule has 0 saturated carbocycles. The van der Waals surface area contributed by atoms with Crippen LogP contribution in [0.1, 0.15) is 114 Å². The van der Waals surface area contributed by atoms with E-state index in [2.05, 4.69) is 10.6 Å². The number of Topliss-reactive ketones (excluding diaryl/α,β-unsaturated/α-hetero) is 1. The Hall–Kier alpha value is -8.59. The third kappa shape index (κ3) is 18.0. The number of aryl methyl sites for hydroxylation is 1. The number of fused-ring (bicyclic) bond motifs is 3. The zero-order valence-electron chi connectivity index (χ0n) is 51.1. The van der Waals surface area contributed by atoms with Gasteiger partial charge in [0.1, 0.15) is 48.7 Å². The van der Waals surface area contributed by atoms with Gasteiger partial charge < -0.3 is 58.7 Å². The molecule has 0 aromatic heterocycles. The van der Waals surface area contributed by atoms with Crippen LogP contribution in [0.4, 0.5) is 0 Å². The van der Waals surface area contributed by atoms with Crippen molar-refractivity contribution >= 4 is 53.2 Å². The zero-order valence-corrected chi connectivity index (χ0v) is 51.1. The monoisotopic (exact) mass is 1190 g/mol. The van der Waals surface area contributed by atoms with Gasteiger partial charge in [0.25, 0.3) is 11.8 Å². The number of methoxy groups -OCH3 is 2. The van der Waals surface area contributed by atoms with Crippen LogP contribution in [0.2, 0.25) is 0 Å². The second-order valence-electron chi connectivity index (χ2n) is 23.1. The number of cyclic esters (lactones) is 2. The number of piperidine rings is 1. The molecule has 86 heavy (non-hydrogen) atoms. The van der Waals surface area contributed by atoms with Gasteiger partial charge in [-0.15, -0.1) is 0 Å². The second-order valence-corrected chi connectivity index (χ2v) is 23.1. The first-order valence-electron chi connectivity index (χ1n) is 28.8. The molecule has 2 N–H and O–H groups in total. The first kappa shape index (κ1) is 66.5. The molecule has 21 heteroatoms. The SMILES string of the molecule is COc1ccc(CC[C@H]2OC(=O)[C@@H]3CCCCN3C(=O)C(=O)C(C)(C)COC(=O)C=CCCN(C)C(=O)[C@H](c3ccccc3)NC(=O)[C@H](COC(C)(C)C)N(C)C(=O)C(c3ccccc3)NC(=O)[C@H](C)N(C)C(=O)COc3cccc2c3)cc1OC. The summed E-state index contributed by atoms with van der Waals surface area (Å²) in [6.07, 6.45) is 3.77. The molecule has 21 nitrogen and oxygen atoms in total. The fourth-order valence-electron chi connectivity index (χ4n) is 9.69. The quantitative estimate of drug-likeness (QED) is 0.135. The molecule has 4 aromatic rings. The highest BCUT2D eigenvalue weighted by atomic mass is 16.5. The van der Waals surface area contributed by atoms with Gasteiger partial charge in [-0.3, -0.25) is 33.6 Å². The predicted octanol–water partition coefficient (Wildman–Crippen LogP) is 6.44. The predicted molar refractivity (Wildman–Crippen MR) is 318 cm³/mol. The summed E-state index contributed by atoms with van der Waals surface area (Å²) in [6, 6.07) is 22.7. The van der Waals surface area contributed by atoms with Crippen LogP contribution in [-0.2, 0) is 63.8 Å². The Balaban J connectivity index is 1.34. The van der Waals surface area contributed by atoms with Crippen molar-refractivity contribution in [3.63, 3.8) is 0 Å². The number of carbonyl (C=O) groups is 9. The number of benzene rings is 4. The van der Waals surface area contributed by atoms with E-state index >= 15 is 0 Å². The molecule has 0 aliphatic carbocycles. The minimum Gasteiger partial charge on any atom is -0.493 e. The molecule has 462 valence electrons. The van der Waals surface area contributed by atoms with Crippen molar-refractivity contribution in [2.75, 3.05) is 68.3 Å². The number of ether oxygens (including phenoxy) is 6. The van der Waals surface area contributed by atoms with Crippen molar-refractivity contribution in [2.45, 2.75) is 122 Å². The van der Waals surface area contributed by atoms with E-state index in [9.17, 15) is 43.2 Å². The molecule has 2 aliphatic heterocycles. The maximum atomic E-state index is 14.9. The molecule has 2 heterocycles. The minimum atomic E-state index is -1.51. The number of hydrogen-bond acceptors (Lipinski definition) is 15. The van der Waals surface area contributed by atoms with Crippen LogP contribution in [0.3, 0.4) is 0 Å². The lowest BCUT2D eigenvalue weighted by Crippen LogP contribution is -2.56. The smallest absolute Gasteiger partial charge is 0.330 e. The van der Waals surface area contributed by atoms with Gasteiger partial charge in [-0.2, -0.15) is 0 Å². The van der Waals surface area contributed by atoms with Gasteiger partial charge in [0.15, 0.2) is 18.1 Å². The topological polar surface area (TPSA) is 246 Å². The summed E-state index contributed by atoms with van der Waals surface area (Å²) < 4.78 is 35.0. The van der Waals surface area contributed by atoms with E-state index in [0.29, 0.717) is 47.5 Å². The lowest BCUT2D eigenvalue weighted by molar-refractivity contribution is -0.165. The van der Waals surface area contributed by atoms with Crippen LogP contribution < -0.4 is 24.8 Å². The molecular formula is C65H82N6O15. The van der Waals surface area contributed by atoms with E-state index in [-0.39, 0.29) is 44.7 Å². The van der Waals surface area contributed by atoms with Crippen molar-refractivity contribution in [3.8, 4) is 17.2 Å². The normalized spacial score (nSPS) is 22.6. The average Bonchev–Trinajstić information content (AvgIpc) is 2.28. The summed E-state index contributed by atoms with van der Waals surface area (Å²) in [5, 5.41) is 5.68. The number of nitrogens with one attached hydrogen (secondary N) is 2. The average molecular weight is 1190 g/mol. The summed E-state index contributed by atoms with van der Waals surface area (Å²) in [4.78, 5) is 133. The van der Waals surface area contributed by atoms with Crippen molar-refractivity contribution in [1.82, 2.24) is 30.2 Å². The molecule has 6 amide bonds. The summed E-state index contributed by atoms with van der Waals surface area (Å²) in [6.45, 7) is 8.62. The van der Waals surface area contributed by atoms with Gasteiger partial charge in [0.05, 0.1) is 31.8 Å². The molecule has 0 spiro atoms. The fourth-order valence-corrected chi connectivity index (χ4v) is 9.69. The molecule has 4 aromatic carbocycles. The van der Waals surface area contributed by atoms with Crippen LogP contribution in [-0.4, -0.2) is 165 Å². The van der Waals surface area contributed by atoms with Crippen LogP contribution in [0, 0.1) is 5.41 Å². The molecular weight excluding hydrogens is 1100 g/mol. The number of ketones is 1. The van der Waals surface area contributed by atoms with Gasteiger partial charge in [-0.1, -0.05) is 84.9 Å². The van der Waals surface area contributed by atoms with Gasteiger partial charge >= 0.3 is 11.9 Å². The van der Waals surface area contributed by atoms with Crippen molar-refractivity contribution in [2.24, 2.45) is 5.41 Å². The number of rotatable bonds is 9. The van der Waals surface area contributed by atoms with Crippen LogP contribution in [0.25, 0.3) is 0 Å². The van der Waals surface area contributed by atoms with E-state index in [0.717, 1.165) is 16.5 Å². The highest BCUT2D eigenvalue weighted by Crippen LogP contribution is 2.33. The largest absolute Gasteiger partial charge is 0.493 e. The first-order valence-corrected chi connectivity index (χ1v) is 28.8. The summed E-state index contributed by atoms with van der Waals surface area (Å²) in [5.74, 6) is -5.40. The lowest BCUT2D eigenvalue weighted by atomic mass is 9.87. The van der Waals surface area contributed by atoms with E-state index in [4.69, 9.17) is 28.4 Å². The second kappa shape index (κ2) is 30.5. The number of likely N-dealkylation sites (N-methyl/N-ethyl adjacent to an activating group) is 3. The van der Waals surface area contributed by atoms with Crippen LogP contribution in [0.5, 0.6) is 17.2 Å². The molecule has 2 aliphatic rings. The Labute approximate surface area is 503 Å². The Morgan fingerprint density at radius 2 is 1.31 bits per heavy atom. The molecule has 2 bridgehead atoms. The van der Waals surface area contributed by atoms with Crippen molar-refractivity contribution < 1.29 is 71.6 Å². The molecule has 1 unspecified atom stereocenters. The number of amides is 6. The van der Waals surface area contributed by atoms with Crippen molar-refractivity contribution in [1.29, 1.82) is 0 Å². The Morgan fingerprint density at radius 1 is 0.686 bits per heavy atom. The summed E-state index contributed by atoms with van der Waals surface area (Å²) >= 11 is 0. The standard InChI is InChI=1S/C65H82N6O15/c1-42-58(75)66-56(45-25-16-13-17-26-45)61(78)70(9)49(39-85-64(2,3)4)59(76)67-55(44-23-14-12-15-24-44)60(77)68(7)35-20-19-30-54(73)84-41-65(5,6)57(74)62(79)71-36-21-18-29-48(71)63(80)86-50(33-31-43-32-34-51(81-10)52(37-43)82-11)46-27-22-28-47(38-46)83-40-53(72)69(42)8/h12-17,19,22-28,30,32,34,37-38,42,48-50,55-56H,18,20-21,29,31,33,35-36,39-41H2,1-11H3,(H,66,75)(H,67,76)/t42-,48-,49-,50+,55-,56?/m0/s1. The van der Waals surface area contributed by atoms with E-state index in [1.165, 1.54) is 76.9 Å². The zero-order chi connectivity index (χ0) is 62.9. The number of esters is 2. The van der Waals surface area contributed by atoms with Gasteiger partial charge in [0.2, 0.25) is 29.4 Å². The fraction of sp³-hybridized carbons (Fsp3) is 0.462. The number of hydrogen-bond donors (Lipinski definition) is 2. The lowest BCUT2D eigenvalue weighted by Gasteiger charge is -2.36. The maximum Gasteiger partial charge on any atom is 0.330 e. The third-order valence-electron chi connectivity index (χ3n) is 15.2. The molecule has 1 saturated heterocycles. The Bertz CT molecular complexity index is 3070. The Kier molecular flexibility index (Phi) is 23.6. The highest BCUT2D eigenvalue weighted by molar-refractivity contribution is 6.38. The van der Waals surface area contributed by atoms with E-state index in [1.807, 2.05) is 12.1 Å². The van der Waals surface area contributed by atoms with E-state index in [1.54, 1.807) is 112 Å². The van der Waals surface area contributed by atoms with Gasteiger partial charge in [0, 0.05) is 40.3 Å². The summed E-state index contributed by atoms with van der Waals surface area (Å²) in [7, 11) is 7.40. The first-order chi connectivity index (χ1) is 40.8. The van der Waals surface area contributed by atoms with Gasteiger partial charge in [-0.05, 0) is 127 Å². The molecule has 1 fully saturated rings.